The molecular formula is C16H17N5OS. The number of aromatic nitrogens is 4. The summed E-state index contributed by atoms with van der Waals surface area (Å²) in [6.45, 7) is 4.32. The molecule has 2 heterocycles. The zero-order valence-corrected chi connectivity index (χ0v) is 14.0. The molecule has 3 rings (SSSR count). The third-order valence-corrected chi connectivity index (χ3v) is 4.28. The van der Waals surface area contributed by atoms with Crippen LogP contribution < -0.4 is 5.32 Å². The molecule has 0 unspecified atom stereocenters. The standard InChI is InChI=1S/C16H17N5OS/c1-10(2)11-4-6-12(7-5-11)15-18-13(8-23-15)14(22)19-16-17-9-21(3)20-16/h4-10H,1-3H3,(H,19,20,22). The molecule has 118 valence electrons. The van der Waals surface area contributed by atoms with Crippen LogP contribution in [0.15, 0.2) is 36.0 Å². The third kappa shape index (κ3) is 3.45. The Morgan fingerprint density at radius 2 is 2.00 bits per heavy atom. The van der Waals surface area contributed by atoms with Crippen molar-refractivity contribution in [2.75, 3.05) is 5.32 Å². The van der Waals surface area contributed by atoms with Gasteiger partial charge in [0.2, 0.25) is 5.95 Å². The summed E-state index contributed by atoms with van der Waals surface area (Å²) in [6, 6.07) is 8.27. The lowest BCUT2D eigenvalue weighted by Gasteiger charge is -2.05. The zero-order chi connectivity index (χ0) is 16.4. The second-order valence-corrected chi connectivity index (χ2v) is 6.37. The van der Waals surface area contributed by atoms with E-state index in [9.17, 15) is 4.79 Å². The fourth-order valence-corrected chi connectivity index (χ4v) is 2.89. The van der Waals surface area contributed by atoms with Crippen LogP contribution in [0, 0.1) is 0 Å². The number of amides is 1. The highest BCUT2D eigenvalue weighted by Gasteiger charge is 2.14. The number of benzene rings is 1. The number of rotatable bonds is 4. The second kappa shape index (κ2) is 6.29. The minimum absolute atomic E-state index is 0.272. The average Bonchev–Trinajstić information content (AvgIpc) is 3.16. The average molecular weight is 327 g/mol. The molecule has 0 saturated carbocycles. The number of anilines is 1. The predicted molar refractivity (Wildman–Crippen MR) is 90.6 cm³/mol. The van der Waals surface area contributed by atoms with Gasteiger partial charge in [0.25, 0.3) is 5.91 Å². The van der Waals surface area contributed by atoms with E-state index in [-0.39, 0.29) is 11.9 Å². The normalized spacial score (nSPS) is 11.0. The lowest BCUT2D eigenvalue weighted by molar-refractivity contribution is 0.102. The van der Waals surface area contributed by atoms with Crippen LogP contribution in [-0.4, -0.2) is 25.7 Å². The Kier molecular flexibility index (Phi) is 4.20. The summed E-state index contributed by atoms with van der Waals surface area (Å²) in [4.78, 5) is 20.5. The smallest absolute Gasteiger partial charge is 0.277 e. The molecule has 23 heavy (non-hydrogen) atoms. The highest BCUT2D eigenvalue weighted by atomic mass is 32.1. The summed E-state index contributed by atoms with van der Waals surface area (Å²) < 4.78 is 1.53. The second-order valence-electron chi connectivity index (χ2n) is 5.51. The maximum atomic E-state index is 12.2. The van der Waals surface area contributed by atoms with Crippen molar-refractivity contribution >= 4 is 23.2 Å². The molecule has 0 radical (unpaired) electrons. The Morgan fingerprint density at radius 3 is 2.61 bits per heavy atom. The summed E-state index contributed by atoms with van der Waals surface area (Å²) in [5, 5.41) is 9.21. The molecule has 0 bridgehead atoms. The van der Waals surface area contributed by atoms with E-state index in [1.165, 1.54) is 27.9 Å². The van der Waals surface area contributed by atoms with Crippen LogP contribution in [0.4, 0.5) is 5.95 Å². The van der Waals surface area contributed by atoms with Gasteiger partial charge in [-0.25, -0.2) is 9.97 Å². The molecular weight excluding hydrogens is 310 g/mol. The number of carbonyl (C=O) groups is 1. The van der Waals surface area contributed by atoms with Gasteiger partial charge in [-0.3, -0.25) is 14.8 Å². The first-order valence-electron chi connectivity index (χ1n) is 7.26. The monoisotopic (exact) mass is 327 g/mol. The molecule has 2 aromatic heterocycles. The molecule has 1 N–H and O–H groups in total. The molecule has 7 heteroatoms. The quantitative estimate of drug-likeness (QED) is 0.798. The van der Waals surface area contributed by atoms with Crippen molar-refractivity contribution in [2.24, 2.45) is 7.05 Å². The van der Waals surface area contributed by atoms with Gasteiger partial charge in [0, 0.05) is 18.0 Å². The number of hydrogen-bond donors (Lipinski definition) is 1. The largest absolute Gasteiger partial charge is 0.288 e. The topological polar surface area (TPSA) is 72.7 Å². The van der Waals surface area contributed by atoms with E-state index in [2.05, 4.69) is 46.4 Å². The SMILES string of the molecule is CC(C)c1ccc(-c2nc(C(=O)Nc3ncn(C)n3)cs2)cc1. The molecule has 0 fully saturated rings. The highest BCUT2D eigenvalue weighted by molar-refractivity contribution is 7.13. The van der Waals surface area contributed by atoms with Crippen LogP contribution >= 0.6 is 11.3 Å². The molecule has 0 spiro atoms. The van der Waals surface area contributed by atoms with Crippen molar-refractivity contribution in [3.8, 4) is 10.6 Å². The third-order valence-electron chi connectivity index (χ3n) is 3.39. The number of nitrogens with one attached hydrogen (secondary N) is 1. The first-order chi connectivity index (χ1) is 11.0. The van der Waals surface area contributed by atoms with Gasteiger partial charge in [-0.05, 0) is 11.5 Å². The van der Waals surface area contributed by atoms with Crippen LogP contribution in [0.1, 0.15) is 35.8 Å². The van der Waals surface area contributed by atoms with Crippen molar-refractivity contribution in [3.63, 3.8) is 0 Å². The fraction of sp³-hybridized carbons (Fsp3) is 0.250. The summed E-state index contributed by atoms with van der Waals surface area (Å²) in [7, 11) is 1.74. The minimum atomic E-state index is -0.308. The molecule has 3 aromatic rings. The van der Waals surface area contributed by atoms with E-state index in [0.29, 0.717) is 11.6 Å². The van der Waals surface area contributed by atoms with Gasteiger partial charge in [-0.1, -0.05) is 38.1 Å². The van der Waals surface area contributed by atoms with Gasteiger partial charge >= 0.3 is 0 Å². The van der Waals surface area contributed by atoms with Crippen LogP contribution in [0.25, 0.3) is 10.6 Å². The fourth-order valence-electron chi connectivity index (χ4n) is 2.08. The Hall–Kier alpha value is -2.54. The van der Waals surface area contributed by atoms with E-state index < -0.39 is 0 Å². The Labute approximate surface area is 138 Å². The first-order valence-corrected chi connectivity index (χ1v) is 8.14. The van der Waals surface area contributed by atoms with Gasteiger partial charge in [0.05, 0.1) is 0 Å². The Morgan fingerprint density at radius 1 is 1.26 bits per heavy atom. The number of carbonyl (C=O) groups excluding carboxylic acids is 1. The van der Waals surface area contributed by atoms with E-state index in [1.807, 2.05) is 12.1 Å². The van der Waals surface area contributed by atoms with Crippen LogP contribution in [-0.2, 0) is 7.05 Å². The van der Waals surface area contributed by atoms with Crippen molar-refractivity contribution in [1.29, 1.82) is 0 Å². The molecule has 1 amide bonds. The van der Waals surface area contributed by atoms with E-state index in [4.69, 9.17) is 0 Å². The predicted octanol–water partition coefficient (Wildman–Crippen LogP) is 3.31. The molecule has 0 atom stereocenters. The molecule has 1 aromatic carbocycles. The lowest BCUT2D eigenvalue weighted by atomic mass is 10.0. The maximum absolute atomic E-state index is 12.2. The van der Waals surface area contributed by atoms with E-state index >= 15 is 0 Å². The zero-order valence-electron chi connectivity index (χ0n) is 13.1. The van der Waals surface area contributed by atoms with Crippen LogP contribution in [0.2, 0.25) is 0 Å². The Balaban J connectivity index is 1.75. The first kappa shape index (κ1) is 15.4. The number of aryl methyl sites for hydroxylation is 1. The van der Waals surface area contributed by atoms with Crippen molar-refractivity contribution in [3.05, 3.63) is 47.2 Å². The van der Waals surface area contributed by atoms with E-state index in [1.54, 1.807) is 12.4 Å². The molecule has 0 aliphatic carbocycles. The van der Waals surface area contributed by atoms with Crippen molar-refractivity contribution in [2.45, 2.75) is 19.8 Å². The van der Waals surface area contributed by atoms with Gasteiger partial charge in [0.15, 0.2) is 0 Å². The van der Waals surface area contributed by atoms with Crippen LogP contribution in [0.5, 0.6) is 0 Å². The molecule has 0 saturated heterocycles. The van der Waals surface area contributed by atoms with Gasteiger partial charge < -0.3 is 0 Å². The molecule has 0 aliphatic heterocycles. The number of nitrogens with zero attached hydrogens (tertiary/aromatic N) is 4. The van der Waals surface area contributed by atoms with Crippen molar-refractivity contribution in [1.82, 2.24) is 19.7 Å². The molecule has 0 aliphatic rings. The van der Waals surface area contributed by atoms with E-state index in [0.717, 1.165) is 10.6 Å². The van der Waals surface area contributed by atoms with Crippen molar-refractivity contribution < 1.29 is 4.79 Å². The van der Waals surface area contributed by atoms with Crippen LogP contribution in [0.3, 0.4) is 0 Å². The van der Waals surface area contributed by atoms with Gasteiger partial charge in [0.1, 0.15) is 17.0 Å². The van der Waals surface area contributed by atoms with Gasteiger partial charge in [-0.15, -0.1) is 16.4 Å². The number of thiazole rings is 1. The summed E-state index contributed by atoms with van der Waals surface area (Å²) >= 11 is 1.44. The van der Waals surface area contributed by atoms with Gasteiger partial charge in [-0.2, -0.15) is 0 Å². The summed E-state index contributed by atoms with van der Waals surface area (Å²) in [5.41, 5.74) is 2.66. The highest BCUT2D eigenvalue weighted by Crippen LogP contribution is 2.26. The summed E-state index contributed by atoms with van der Waals surface area (Å²) in [5.74, 6) is 0.457. The Bertz CT molecular complexity index is 819. The summed E-state index contributed by atoms with van der Waals surface area (Å²) in [6.07, 6.45) is 1.53. The molecule has 6 nitrogen and oxygen atoms in total. The number of hydrogen-bond acceptors (Lipinski definition) is 5. The maximum Gasteiger partial charge on any atom is 0.277 e. The minimum Gasteiger partial charge on any atom is -0.288 e. The lowest BCUT2D eigenvalue weighted by Crippen LogP contribution is -2.13.